The van der Waals surface area contributed by atoms with Crippen LogP contribution in [0.4, 0.5) is 0 Å². The predicted molar refractivity (Wildman–Crippen MR) is 57.2 cm³/mol. The van der Waals surface area contributed by atoms with E-state index in [2.05, 4.69) is 33.1 Å². The zero-order valence-corrected chi connectivity index (χ0v) is 9.29. The molecule has 0 N–H and O–H groups in total. The summed E-state index contributed by atoms with van der Waals surface area (Å²) in [6, 6.07) is 0. The summed E-state index contributed by atoms with van der Waals surface area (Å²) < 4.78 is 0. The van der Waals surface area contributed by atoms with Gasteiger partial charge >= 0.3 is 0 Å². The van der Waals surface area contributed by atoms with Crippen LogP contribution in [0.25, 0.3) is 0 Å². The molecule has 0 fully saturated rings. The fourth-order valence-corrected chi connectivity index (χ4v) is 2.93. The van der Waals surface area contributed by atoms with Crippen LogP contribution in [0.3, 0.4) is 0 Å². The maximum atomic E-state index is 2.33. The maximum absolute atomic E-state index is 2.33. The second kappa shape index (κ2) is 4.08. The van der Waals surface area contributed by atoms with Crippen molar-refractivity contribution in [1.29, 1.82) is 0 Å². The molecule has 0 spiro atoms. The molecule has 0 nitrogen and oxygen atoms in total. The Hall–Kier alpha value is -0.300. The lowest BCUT2D eigenvalue weighted by Crippen LogP contribution is -1.94. The molecule has 0 saturated heterocycles. The van der Waals surface area contributed by atoms with Gasteiger partial charge in [0.15, 0.2) is 0 Å². The van der Waals surface area contributed by atoms with Crippen LogP contribution in [0.1, 0.15) is 49.6 Å². The molecule has 0 aromatic carbocycles. The average Bonchev–Trinajstić information content (AvgIpc) is 2.46. The van der Waals surface area contributed by atoms with Crippen molar-refractivity contribution in [2.45, 2.75) is 46.5 Å². The Kier molecular flexibility index (Phi) is 3.33. The van der Waals surface area contributed by atoms with E-state index in [0.717, 1.165) is 0 Å². The molecule has 0 atom stereocenters. The second-order valence-corrected chi connectivity index (χ2v) is 4.42. The third-order valence-electron chi connectivity index (χ3n) is 2.27. The van der Waals surface area contributed by atoms with E-state index >= 15 is 0 Å². The van der Waals surface area contributed by atoms with Crippen molar-refractivity contribution in [2.75, 3.05) is 0 Å². The Morgan fingerprint density at radius 1 is 1.25 bits per heavy atom. The van der Waals surface area contributed by atoms with Crippen LogP contribution in [0, 0.1) is 0 Å². The third kappa shape index (κ3) is 1.71. The minimum absolute atomic E-state index is 0.696. The zero-order chi connectivity index (χ0) is 9.14. The zero-order valence-electron chi connectivity index (χ0n) is 8.48. The first kappa shape index (κ1) is 9.79. The molecule has 68 valence electrons. The van der Waals surface area contributed by atoms with Gasteiger partial charge in [-0.1, -0.05) is 27.7 Å². The van der Waals surface area contributed by atoms with Crippen LogP contribution < -0.4 is 0 Å². The van der Waals surface area contributed by atoms with Gasteiger partial charge in [0.05, 0.1) is 0 Å². The number of hydrogen-bond donors (Lipinski definition) is 0. The summed E-state index contributed by atoms with van der Waals surface area (Å²) in [6.45, 7) is 9.07. The van der Waals surface area contributed by atoms with Gasteiger partial charge in [-0.05, 0) is 35.3 Å². The molecular formula is C11H18S. The molecule has 12 heavy (non-hydrogen) atoms. The van der Waals surface area contributed by atoms with Crippen LogP contribution in [-0.2, 0) is 12.8 Å². The molecule has 0 aliphatic heterocycles. The molecule has 0 aliphatic carbocycles. The fraction of sp³-hybridized carbons (Fsp3) is 0.636. The van der Waals surface area contributed by atoms with Crippen LogP contribution in [0.2, 0.25) is 0 Å². The fourth-order valence-electron chi connectivity index (χ4n) is 1.69. The first-order valence-corrected chi connectivity index (χ1v) is 5.67. The van der Waals surface area contributed by atoms with E-state index in [-0.39, 0.29) is 0 Å². The van der Waals surface area contributed by atoms with E-state index in [1.54, 1.807) is 16.0 Å². The van der Waals surface area contributed by atoms with Crippen LogP contribution in [0.5, 0.6) is 0 Å². The third-order valence-corrected chi connectivity index (χ3v) is 3.46. The predicted octanol–water partition coefficient (Wildman–Crippen LogP) is 4.00. The van der Waals surface area contributed by atoms with E-state index in [0.29, 0.717) is 5.92 Å². The number of rotatable bonds is 3. The van der Waals surface area contributed by atoms with Crippen molar-refractivity contribution >= 4 is 11.3 Å². The van der Waals surface area contributed by atoms with Gasteiger partial charge in [-0.25, -0.2) is 0 Å². The number of hydrogen-bond acceptors (Lipinski definition) is 1. The average molecular weight is 182 g/mol. The van der Waals surface area contributed by atoms with Gasteiger partial charge < -0.3 is 0 Å². The normalized spacial score (nSPS) is 11.1. The van der Waals surface area contributed by atoms with Gasteiger partial charge in [-0.2, -0.15) is 0 Å². The highest BCUT2D eigenvalue weighted by Gasteiger charge is 2.11. The monoisotopic (exact) mass is 182 g/mol. The SMILES string of the molecule is CCc1csc(CC)c1C(C)C. The van der Waals surface area contributed by atoms with Crippen molar-refractivity contribution in [1.82, 2.24) is 0 Å². The second-order valence-electron chi connectivity index (χ2n) is 3.46. The quantitative estimate of drug-likeness (QED) is 0.663. The summed E-state index contributed by atoms with van der Waals surface area (Å²) in [7, 11) is 0. The summed E-state index contributed by atoms with van der Waals surface area (Å²) in [5, 5.41) is 2.33. The van der Waals surface area contributed by atoms with Gasteiger partial charge in [-0.15, -0.1) is 11.3 Å². The largest absolute Gasteiger partial charge is 0.148 e. The summed E-state index contributed by atoms with van der Waals surface area (Å²) in [5.41, 5.74) is 3.18. The topological polar surface area (TPSA) is 0 Å². The highest BCUT2D eigenvalue weighted by atomic mass is 32.1. The van der Waals surface area contributed by atoms with E-state index < -0.39 is 0 Å². The van der Waals surface area contributed by atoms with Crippen molar-refractivity contribution in [3.8, 4) is 0 Å². The van der Waals surface area contributed by atoms with Crippen molar-refractivity contribution in [3.05, 3.63) is 21.4 Å². The molecule has 1 aromatic rings. The lowest BCUT2D eigenvalue weighted by Gasteiger charge is -2.08. The van der Waals surface area contributed by atoms with E-state index in [9.17, 15) is 0 Å². The minimum atomic E-state index is 0.696. The van der Waals surface area contributed by atoms with Gasteiger partial charge in [-0.3, -0.25) is 0 Å². The molecule has 0 radical (unpaired) electrons. The summed E-state index contributed by atoms with van der Waals surface area (Å²) in [6.07, 6.45) is 2.38. The molecule has 0 unspecified atom stereocenters. The lowest BCUT2D eigenvalue weighted by molar-refractivity contribution is 0.835. The standard InChI is InChI=1S/C11H18S/c1-5-9-7-12-10(6-2)11(9)8(3)4/h7-8H,5-6H2,1-4H3. The highest BCUT2D eigenvalue weighted by Crippen LogP contribution is 2.30. The molecule has 0 amide bonds. The van der Waals surface area contributed by atoms with Gasteiger partial charge in [0.25, 0.3) is 0 Å². The first-order chi connectivity index (χ1) is 5.70. The van der Waals surface area contributed by atoms with Crippen LogP contribution in [-0.4, -0.2) is 0 Å². The van der Waals surface area contributed by atoms with Crippen LogP contribution in [0.15, 0.2) is 5.38 Å². The molecule has 0 saturated carbocycles. The minimum Gasteiger partial charge on any atom is -0.148 e. The molecule has 0 bridgehead atoms. The van der Waals surface area contributed by atoms with Gasteiger partial charge in [0.1, 0.15) is 0 Å². The van der Waals surface area contributed by atoms with E-state index in [1.165, 1.54) is 12.8 Å². The number of aryl methyl sites for hydroxylation is 2. The van der Waals surface area contributed by atoms with E-state index in [1.807, 2.05) is 11.3 Å². The molecule has 1 rings (SSSR count). The Labute approximate surface area is 79.6 Å². The van der Waals surface area contributed by atoms with Crippen LogP contribution >= 0.6 is 11.3 Å². The van der Waals surface area contributed by atoms with Gasteiger partial charge in [0.2, 0.25) is 0 Å². The van der Waals surface area contributed by atoms with Crippen molar-refractivity contribution < 1.29 is 0 Å². The maximum Gasteiger partial charge on any atom is 0.00799 e. The summed E-state index contributed by atoms with van der Waals surface area (Å²) >= 11 is 1.93. The lowest BCUT2D eigenvalue weighted by atomic mass is 9.97. The molecule has 1 heterocycles. The Morgan fingerprint density at radius 2 is 1.92 bits per heavy atom. The van der Waals surface area contributed by atoms with E-state index in [4.69, 9.17) is 0 Å². The summed E-state index contributed by atoms with van der Waals surface area (Å²) in [5.74, 6) is 0.696. The Morgan fingerprint density at radius 3 is 2.33 bits per heavy atom. The van der Waals surface area contributed by atoms with Crippen molar-refractivity contribution in [2.24, 2.45) is 0 Å². The smallest absolute Gasteiger partial charge is 0.00799 e. The molecule has 0 aliphatic rings. The summed E-state index contributed by atoms with van der Waals surface area (Å²) in [4.78, 5) is 1.59. The Balaban J connectivity index is 3.07. The van der Waals surface area contributed by atoms with Gasteiger partial charge in [0, 0.05) is 4.88 Å². The number of thiophene rings is 1. The molecular weight excluding hydrogens is 164 g/mol. The first-order valence-electron chi connectivity index (χ1n) is 4.79. The molecule has 1 aromatic heterocycles. The Bertz CT molecular complexity index is 224. The highest BCUT2D eigenvalue weighted by molar-refractivity contribution is 7.10. The van der Waals surface area contributed by atoms with Crippen molar-refractivity contribution in [3.63, 3.8) is 0 Å². The molecule has 1 heteroatoms.